The maximum atomic E-state index is 11.9. The predicted octanol–water partition coefficient (Wildman–Crippen LogP) is 0.442. The molecule has 1 aliphatic carbocycles. The summed E-state index contributed by atoms with van der Waals surface area (Å²) in [5, 5.41) is 9.75. The summed E-state index contributed by atoms with van der Waals surface area (Å²) in [7, 11) is -4.68. The molecule has 0 radical (unpaired) electrons. The minimum atomic E-state index is -4.68. The molecular formula is C21H19NaO5S. The maximum Gasteiger partial charge on any atom is 1.00 e. The van der Waals surface area contributed by atoms with Crippen molar-refractivity contribution in [3.8, 4) is 5.75 Å². The monoisotopic (exact) mass is 406 g/mol. The predicted molar refractivity (Wildman–Crippen MR) is 100 cm³/mol. The number of benzene rings is 2. The second-order valence-electron chi connectivity index (χ2n) is 6.69. The first kappa shape index (κ1) is 22.6. The molecule has 2 aromatic rings. The van der Waals surface area contributed by atoms with Gasteiger partial charge in [-0.2, -0.15) is 0 Å². The van der Waals surface area contributed by atoms with Gasteiger partial charge in [-0.1, -0.05) is 35.9 Å². The van der Waals surface area contributed by atoms with Gasteiger partial charge in [0.2, 0.25) is 0 Å². The van der Waals surface area contributed by atoms with E-state index in [0.717, 1.165) is 16.7 Å². The van der Waals surface area contributed by atoms with Crippen LogP contribution in [-0.4, -0.2) is 23.9 Å². The SMILES string of the molecule is CC1=CC(=O)C=CC1C(c1ccc(O)cc1C)c1ccccc1S(=O)(=O)[O-].[Na+]. The van der Waals surface area contributed by atoms with E-state index in [4.69, 9.17) is 0 Å². The van der Waals surface area contributed by atoms with Crippen LogP contribution in [-0.2, 0) is 14.9 Å². The van der Waals surface area contributed by atoms with Crippen molar-refractivity contribution in [3.05, 3.63) is 83.0 Å². The molecular weight excluding hydrogens is 387 g/mol. The van der Waals surface area contributed by atoms with Crippen LogP contribution in [0, 0.1) is 12.8 Å². The van der Waals surface area contributed by atoms with Crippen LogP contribution in [0.3, 0.4) is 0 Å². The largest absolute Gasteiger partial charge is 1.00 e. The van der Waals surface area contributed by atoms with E-state index >= 15 is 0 Å². The van der Waals surface area contributed by atoms with Crippen LogP contribution in [0.4, 0.5) is 0 Å². The number of aryl methyl sites for hydroxylation is 1. The quantitative estimate of drug-likeness (QED) is 0.588. The van der Waals surface area contributed by atoms with E-state index in [1.54, 1.807) is 30.3 Å². The molecule has 0 amide bonds. The first-order valence-corrected chi connectivity index (χ1v) is 9.84. The molecule has 28 heavy (non-hydrogen) atoms. The van der Waals surface area contributed by atoms with Crippen molar-refractivity contribution in [1.29, 1.82) is 0 Å². The van der Waals surface area contributed by atoms with Gasteiger partial charge in [-0.25, -0.2) is 8.42 Å². The first-order valence-electron chi connectivity index (χ1n) is 8.43. The average Bonchev–Trinajstić information content (AvgIpc) is 2.58. The number of phenolic OH excluding ortho intramolecular Hbond substituents is 1. The van der Waals surface area contributed by atoms with Gasteiger partial charge < -0.3 is 9.66 Å². The number of aromatic hydroxyl groups is 1. The van der Waals surface area contributed by atoms with E-state index in [1.807, 2.05) is 13.8 Å². The molecule has 0 spiro atoms. The summed E-state index contributed by atoms with van der Waals surface area (Å²) >= 11 is 0. The Balaban J connectivity index is 0.00000280. The zero-order valence-electron chi connectivity index (χ0n) is 15.9. The summed E-state index contributed by atoms with van der Waals surface area (Å²) in [6, 6.07) is 11.0. The molecule has 0 aromatic heterocycles. The second-order valence-corrected chi connectivity index (χ2v) is 8.03. The Labute approximate surface area is 186 Å². The fourth-order valence-electron chi connectivity index (χ4n) is 3.62. The van der Waals surface area contributed by atoms with Gasteiger partial charge >= 0.3 is 29.6 Å². The number of ketones is 1. The van der Waals surface area contributed by atoms with Crippen molar-refractivity contribution in [3.63, 3.8) is 0 Å². The Kier molecular flexibility index (Phi) is 7.07. The smallest absolute Gasteiger partial charge is 0.744 e. The van der Waals surface area contributed by atoms with Gasteiger partial charge in [-0.15, -0.1) is 0 Å². The number of allylic oxidation sites excluding steroid dienone is 4. The van der Waals surface area contributed by atoms with Crippen LogP contribution in [0.15, 0.2) is 71.2 Å². The van der Waals surface area contributed by atoms with Crippen LogP contribution >= 0.6 is 0 Å². The Bertz CT molecular complexity index is 1070. The van der Waals surface area contributed by atoms with Gasteiger partial charge in [0.15, 0.2) is 5.78 Å². The van der Waals surface area contributed by atoms with Gasteiger partial charge in [0.1, 0.15) is 15.9 Å². The number of rotatable bonds is 4. The third-order valence-corrected chi connectivity index (χ3v) is 5.74. The zero-order chi connectivity index (χ0) is 19.8. The van der Waals surface area contributed by atoms with Crippen molar-refractivity contribution in [2.45, 2.75) is 24.7 Å². The third kappa shape index (κ3) is 4.64. The molecule has 0 aliphatic heterocycles. The van der Waals surface area contributed by atoms with E-state index in [0.29, 0.717) is 5.56 Å². The number of phenols is 1. The summed E-state index contributed by atoms with van der Waals surface area (Å²) in [6.45, 7) is 3.62. The van der Waals surface area contributed by atoms with Crippen LogP contribution < -0.4 is 29.6 Å². The van der Waals surface area contributed by atoms with Crippen LogP contribution in [0.25, 0.3) is 0 Å². The van der Waals surface area contributed by atoms with Gasteiger partial charge in [-0.3, -0.25) is 4.79 Å². The minimum Gasteiger partial charge on any atom is -0.744 e. The Morgan fingerprint density at radius 1 is 1.07 bits per heavy atom. The topological polar surface area (TPSA) is 94.5 Å². The molecule has 0 saturated carbocycles. The Morgan fingerprint density at radius 2 is 1.75 bits per heavy atom. The fraction of sp³-hybridized carbons (Fsp3) is 0.190. The Morgan fingerprint density at radius 3 is 2.36 bits per heavy atom. The van der Waals surface area contributed by atoms with Crippen molar-refractivity contribution < 1.29 is 52.4 Å². The summed E-state index contributed by atoms with van der Waals surface area (Å²) < 4.78 is 35.6. The van der Waals surface area contributed by atoms with Crippen molar-refractivity contribution in [1.82, 2.24) is 0 Å². The van der Waals surface area contributed by atoms with Gasteiger partial charge in [0.05, 0.1) is 4.90 Å². The minimum absolute atomic E-state index is 0. The standard InChI is InChI=1S/C21H20O5S.Na/c1-13-11-15(22)7-9-17(13)21(18-10-8-16(23)12-14(18)2)19-5-3-4-6-20(19)27(24,25)26;/h3-12,17,21,23H,1-2H3,(H,24,25,26);/q;+1/p-1. The van der Waals surface area contributed by atoms with E-state index < -0.39 is 16.0 Å². The number of carbonyl (C=O) groups is 1. The molecule has 2 aromatic carbocycles. The molecule has 1 aliphatic rings. The zero-order valence-corrected chi connectivity index (χ0v) is 18.7. The molecule has 140 valence electrons. The average molecular weight is 406 g/mol. The van der Waals surface area contributed by atoms with Crippen LogP contribution in [0.5, 0.6) is 5.75 Å². The molecule has 0 heterocycles. The molecule has 2 atom stereocenters. The molecule has 3 rings (SSSR count). The number of carbonyl (C=O) groups excluding carboxylic acids is 1. The maximum absolute atomic E-state index is 11.9. The summed E-state index contributed by atoms with van der Waals surface area (Å²) in [5.41, 5.74) is 2.69. The Hall–Kier alpha value is -1.70. The van der Waals surface area contributed by atoms with Gasteiger partial charge in [0.25, 0.3) is 0 Å². The molecule has 0 fully saturated rings. The van der Waals surface area contributed by atoms with Gasteiger partial charge in [0, 0.05) is 11.8 Å². The van der Waals surface area contributed by atoms with E-state index in [1.165, 1.54) is 30.4 Å². The summed E-state index contributed by atoms with van der Waals surface area (Å²) in [5.74, 6) is -0.823. The summed E-state index contributed by atoms with van der Waals surface area (Å²) in [6.07, 6.45) is 4.71. The molecule has 0 saturated heterocycles. The molecule has 1 N–H and O–H groups in total. The summed E-state index contributed by atoms with van der Waals surface area (Å²) in [4.78, 5) is 11.4. The number of hydrogen-bond donors (Lipinski definition) is 1. The van der Waals surface area contributed by atoms with Crippen molar-refractivity contribution in [2.75, 3.05) is 0 Å². The van der Waals surface area contributed by atoms with E-state index in [-0.39, 0.29) is 51.9 Å². The third-order valence-electron chi connectivity index (χ3n) is 4.83. The fourth-order valence-corrected chi connectivity index (χ4v) is 4.35. The first-order chi connectivity index (χ1) is 12.7. The second kappa shape index (κ2) is 8.76. The normalized spacial score (nSPS) is 17.6. The molecule has 0 bridgehead atoms. The van der Waals surface area contributed by atoms with Crippen molar-refractivity contribution in [2.24, 2.45) is 5.92 Å². The molecule has 2 unspecified atom stereocenters. The number of hydrogen-bond acceptors (Lipinski definition) is 5. The van der Waals surface area contributed by atoms with Crippen LogP contribution in [0.2, 0.25) is 0 Å². The van der Waals surface area contributed by atoms with Gasteiger partial charge in [-0.05, 0) is 60.9 Å². The van der Waals surface area contributed by atoms with E-state index in [2.05, 4.69) is 0 Å². The molecule has 7 heteroatoms. The van der Waals surface area contributed by atoms with Crippen molar-refractivity contribution >= 4 is 15.9 Å². The van der Waals surface area contributed by atoms with Crippen LogP contribution in [0.1, 0.15) is 29.5 Å². The van der Waals surface area contributed by atoms with E-state index in [9.17, 15) is 22.9 Å². The molecule has 5 nitrogen and oxygen atoms in total.